The van der Waals surface area contributed by atoms with Crippen LogP contribution in [0.1, 0.15) is 18.2 Å². The fourth-order valence-corrected chi connectivity index (χ4v) is 1.73. The third-order valence-electron chi connectivity index (χ3n) is 2.56. The lowest BCUT2D eigenvalue weighted by molar-refractivity contribution is 0.559. The van der Waals surface area contributed by atoms with Gasteiger partial charge in [0.05, 0.1) is 11.9 Å². The highest BCUT2D eigenvalue weighted by atomic mass is 19.1. The second-order valence-electron chi connectivity index (χ2n) is 3.92. The van der Waals surface area contributed by atoms with Crippen LogP contribution in [0.15, 0.2) is 24.4 Å². The lowest BCUT2D eigenvalue weighted by atomic mass is 10.2. The van der Waals surface area contributed by atoms with Gasteiger partial charge in [-0.2, -0.15) is 0 Å². The Balaban J connectivity index is 1.92. The van der Waals surface area contributed by atoms with E-state index in [2.05, 4.69) is 15.6 Å². The van der Waals surface area contributed by atoms with Crippen molar-refractivity contribution in [3.05, 3.63) is 47.3 Å². The van der Waals surface area contributed by atoms with Crippen LogP contribution < -0.4 is 5.32 Å². The molecule has 1 N–H and O–H groups in total. The molecule has 1 heterocycles. The summed E-state index contributed by atoms with van der Waals surface area (Å²) in [5.74, 6) is -1.13. The second-order valence-corrected chi connectivity index (χ2v) is 3.92. The largest absolute Gasteiger partial charge is 0.307 e. The molecule has 0 saturated heterocycles. The Morgan fingerprint density at radius 3 is 2.56 bits per heavy atom. The first-order valence-electron chi connectivity index (χ1n) is 5.72. The molecule has 0 bridgehead atoms. The first kappa shape index (κ1) is 12.6. The average molecular weight is 252 g/mol. The Kier molecular flexibility index (Phi) is 3.99. The molecule has 2 aromatic rings. The topological polar surface area (TPSA) is 42.7 Å². The van der Waals surface area contributed by atoms with Crippen LogP contribution in [-0.4, -0.2) is 15.0 Å². The van der Waals surface area contributed by atoms with E-state index in [1.54, 1.807) is 10.9 Å². The molecule has 0 aliphatic carbocycles. The quantitative estimate of drug-likeness (QED) is 0.883. The van der Waals surface area contributed by atoms with Gasteiger partial charge in [0.15, 0.2) is 0 Å². The Hall–Kier alpha value is -1.82. The minimum absolute atomic E-state index is 0.392. The zero-order chi connectivity index (χ0) is 13.0. The van der Waals surface area contributed by atoms with Gasteiger partial charge in [-0.15, -0.1) is 5.10 Å². The fourth-order valence-electron chi connectivity index (χ4n) is 1.73. The molecule has 2 rings (SSSR count). The Bertz CT molecular complexity index is 504. The highest BCUT2D eigenvalue weighted by Crippen LogP contribution is 2.07. The summed E-state index contributed by atoms with van der Waals surface area (Å²) in [5.41, 5.74) is 1.51. The minimum Gasteiger partial charge on any atom is -0.307 e. The van der Waals surface area contributed by atoms with Gasteiger partial charge in [-0.05, 0) is 24.6 Å². The molecule has 18 heavy (non-hydrogen) atoms. The van der Waals surface area contributed by atoms with Gasteiger partial charge in [0, 0.05) is 25.7 Å². The molecule has 1 aromatic carbocycles. The van der Waals surface area contributed by atoms with Gasteiger partial charge in [-0.3, -0.25) is 0 Å². The number of hydrogen-bond donors (Lipinski definition) is 1. The molecule has 96 valence electrons. The predicted octanol–water partition coefficient (Wildman–Crippen LogP) is 1.87. The Morgan fingerprint density at radius 2 is 1.89 bits per heavy atom. The molecule has 0 saturated carbocycles. The number of aryl methyl sites for hydroxylation is 1. The zero-order valence-electron chi connectivity index (χ0n) is 10.0. The van der Waals surface area contributed by atoms with Gasteiger partial charge in [-0.25, -0.2) is 13.5 Å². The summed E-state index contributed by atoms with van der Waals surface area (Å²) in [4.78, 5) is 0. The first-order chi connectivity index (χ1) is 8.69. The molecule has 0 unspecified atom stereocenters. The van der Waals surface area contributed by atoms with E-state index in [9.17, 15) is 8.78 Å². The normalized spacial score (nSPS) is 10.8. The average Bonchev–Trinajstić information content (AvgIpc) is 2.75. The summed E-state index contributed by atoms with van der Waals surface area (Å²) in [5, 5.41) is 10.8. The maximum Gasteiger partial charge on any atom is 0.126 e. The van der Waals surface area contributed by atoms with Crippen LogP contribution in [0.25, 0.3) is 0 Å². The van der Waals surface area contributed by atoms with E-state index >= 15 is 0 Å². The lowest BCUT2D eigenvalue weighted by Crippen LogP contribution is -2.16. The van der Waals surface area contributed by atoms with Gasteiger partial charge in [0.1, 0.15) is 11.6 Å². The van der Waals surface area contributed by atoms with Gasteiger partial charge >= 0.3 is 0 Å². The van der Waals surface area contributed by atoms with Crippen molar-refractivity contribution in [3.8, 4) is 0 Å². The third-order valence-corrected chi connectivity index (χ3v) is 2.56. The van der Waals surface area contributed by atoms with E-state index in [4.69, 9.17) is 0 Å². The summed E-state index contributed by atoms with van der Waals surface area (Å²) in [6.07, 6.45) is 1.67. The Labute approximate surface area is 104 Å². The minimum atomic E-state index is -0.563. The van der Waals surface area contributed by atoms with Gasteiger partial charge in [0.25, 0.3) is 0 Å². The maximum atomic E-state index is 13.0. The summed E-state index contributed by atoms with van der Waals surface area (Å²) in [7, 11) is 0. The number of rotatable bonds is 5. The number of hydrogen-bond acceptors (Lipinski definition) is 3. The van der Waals surface area contributed by atoms with E-state index in [1.165, 1.54) is 12.1 Å². The first-order valence-corrected chi connectivity index (χ1v) is 5.72. The number of aromatic nitrogens is 3. The number of halogens is 2. The van der Waals surface area contributed by atoms with Crippen LogP contribution in [0.3, 0.4) is 0 Å². The molecule has 0 radical (unpaired) electrons. The molecule has 0 aliphatic heterocycles. The number of nitrogens with zero attached hydrogens (tertiary/aromatic N) is 3. The van der Waals surface area contributed by atoms with Crippen LogP contribution in [0.4, 0.5) is 8.78 Å². The van der Waals surface area contributed by atoms with Gasteiger partial charge < -0.3 is 5.32 Å². The van der Waals surface area contributed by atoms with Crippen molar-refractivity contribution < 1.29 is 8.78 Å². The maximum absolute atomic E-state index is 13.0. The standard InChI is InChI=1S/C12H14F2N4/c1-2-18-12(8-16-17-18)7-15-6-9-3-10(13)5-11(14)4-9/h3-5,8,15H,2,6-7H2,1H3. The van der Waals surface area contributed by atoms with E-state index in [1.807, 2.05) is 6.92 Å². The SMILES string of the molecule is CCn1nncc1CNCc1cc(F)cc(F)c1. The van der Waals surface area contributed by atoms with Crippen molar-refractivity contribution in [2.24, 2.45) is 0 Å². The van der Waals surface area contributed by atoms with E-state index < -0.39 is 11.6 Å². The molecule has 4 nitrogen and oxygen atoms in total. The highest BCUT2D eigenvalue weighted by molar-refractivity contribution is 5.17. The number of benzene rings is 1. The molecule has 0 aliphatic rings. The zero-order valence-corrected chi connectivity index (χ0v) is 10.0. The van der Waals surface area contributed by atoms with E-state index in [0.29, 0.717) is 18.7 Å². The summed E-state index contributed by atoms with van der Waals surface area (Å²) in [6, 6.07) is 3.48. The summed E-state index contributed by atoms with van der Waals surface area (Å²) < 4.78 is 27.7. The van der Waals surface area contributed by atoms with Crippen molar-refractivity contribution in [2.75, 3.05) is 0 Å². The van der Waals surface area contributed by atoms with Crippen molar-refractivity contribution in [3.63, 3.8) is 0 Å². The molecule has 6 heteroatoms. The molecule has 0 spiro atoms. The molecule has 0 atom stereocenters. The van der Waals surface area contributed by atoms with Crippen LogP contribution in [0.5, 0.6) is 0 Å². The summed E-state index contributed by atoms with van der Waals surface area (Å²) in [6.45, 7) is 3.66. The molecule has 0 fully saturated rings. The molecular weight excluding hydrogens is 238 g/mol. The van der Waals surface area contributed by atoms with Crippen molar-refractivity contribution >= 4 is 0 Å². The predicted molar refractivity (Wildman–Crippen MR) is 62.6 cm³/mol. The monoisotopic (exact) mass is 252 g/mol. The van der Waals surface area contributed by atoms with Crippen LogP contribution in [0, 0.1) is 11.6 Å². The van der Waals surface area contributed by atoms with Crippen molar-refractivity contribution in [1.29, 1.82) is 0 Å². The van der Waals surface area contributed by atoms with Gasteiger partial charge in [-0.1, -0.05) is 5.21 Å². The number of nitrogens with one attached hydrogen (secondary N) is 1. The fraction of sp³-hybridized carbons (Fsp3) is 0.333. The summed E-state index contributed by atoms with van der Waals surface area (Å²) >= 11 is 0. The third kappa shape index (κ3) is 3.10. The lowest BCUT2D eigenvalue weighted by Gasteiger charge is -2.06. The highest BCUT2D eigenvalue weighted by Gasteiger charge is 2.03. The van der Waals surface area contributed by atoms with Crippen molar-refractivity contribution in [2.45, 2.75) is 26.6 Å². The van der Waals surface area contributed by atoms with Crippen LogP contribution in [-0.2, 0) is 19.6 Å². The van der Waals surface area contributed by atoms with E-state index in [0.717, 1.165) is 18.3 Å². The molecule has 0 amide bonds. The van der Waals surface area contributed by atoms with Crippen LogP contribution in [0.2, 0.25) is 0 Å². The van der Waals surface area contributed by atoms with Gasteiger partial charge in [0.2, 0.25) is 0 Å². The van der Waals surface area contributed by atoms with Crippen molar-refractivity contribution in [1.82, 2.24) is 20.3 Å². The van der Waals surface area contributed by atoms with E-state index in [-0.39, 0.29) is 0 Å². The van der Waals surface area contributed by atoms with Crippen LogP contribution >= 0.6 is 0 Å². The molecular formula is C12H14F2N4. The second kappa shape index (κ2) is 5.68. The smallest absolute Gasteiger partial charge is 0.126 e. The Morgan fingerprint density at radius 1 is 1.17 bits per heavy atom. The molecule has 1 aromatic heterocycles.